The zero-order valence-electron chi connectivity index (χ0n) is 21.8. The Bertz CT molecular complexity index is 1450. The number of aryl methyl sites for hydroxylation is 1. The number of benzene rings is 1. The number of halogens is 2. The van der Waals surface area contributed by atoms with Gasteiger partial charge >= 0.3 is 0 Å². The first-order valence-electron chi connectivity index (χ1n) is 12.4. The SMILES string of the molecule is Cc1c(-c2cnn(C)c2)cnc(N2CCCC(F)(F)CC2)c1C(=O)Nc1cccc(S(C)(=O)=NCCN)c1. The number of nitrogens with one attached hydrogen (secondary N) is 1. The Hall–Kier alpha value is -3.38. The van der Waals surface area contributed by atoms with Crippen molar-refractivity contribution < 1.29 is 17.8 Å². The summed E-state index contributed by atoms with van der Waals surface area (Å²) in [5.41, 5.74) is 8.41. The monoisotopic (exact) mass is 545 g/mol. The smallest absolute Gasteiger partial charge is 0.259 e. The van der Waals surface area contributed by atoms with E-state index in [-0.39, 0.29) is 32.5 Å². The van der Waals surface area contributed by atoms with E-state index in [9.17, 15) is 17.8 Å². The van der Waals surface area contributed by atoms with Gasteiger partial charge in [-0.1, -0.05) is 6.07 Å². The van der Waals surface area contributed by atoms with Crippen molar-refractivity contribution in [1.29, 1.82) is 0 Å². The molecule has 1 atom stereocenters. The molecule has 1 fully saturated rings. The largest absolute Gasteiger partial charge is 0.356 e. The van der Waals surface area contributed by atoms with Crippen LogP contribution in [-0.2, 0) is 16.8 Å². The van der Waals surface area contributed by atoms with Crippen LogP contribution < -0.4 is 16.0 Å². The minimum atomic E-state index is -2.75. The second kappa shape index (κ2) is 11.2. The first kappa shape index (κ1) is 27.6. The molecule has 4 rings (SSSR count). The predicted molar refractivity (Wildman–Crippen MR) is 145 cm³/mol. The molecular formula is C26H33F2N7O2S. The molecule has 3 N–H and O–H groups in total. The Morgan fingerprint density at radius 2 is 2.05 bits per heavy atom. The molecule has 3 heterocycles. The van der Waals surface area contributed by atoms with Gasteiger partial charge in [0.2, 0.25) is 5.92 Å². The van der Waals surface area contributed by atoms with Gasteiger partial charge in [0.05, 0.1) is 28.0 Å². The summed E-state index contributed by atoms with van der Waals surface area (Å²) in [6, 6.07) is 6.71. The lowest BCUT2D eigenvalue weighted by Gasteiger charge is -2.26. The molecule has 9 nitrogen and oxygen atoms in total. The molecule has 12 heteroatoms. The summed E-state index contributed by atoms with van der Waals surface area (Å²) in [5.74, 6) is -2.82. The van der Waals surface area contributed by atoms with Gasteiger partial charge in [-0.15, -0.1) is 0 Å². The normalized spacial score (nSPS) is 16.9. The molecule has 0 spiro atoms. The van der Waals surface area contributed by atoms with Crippen molar-refractivity contribution >= 4 is 27.1 Å². The fraction of sp³-hybridized carbons (Fsp3) is 0.423. The molecule has 2 aromatic heterocycles. The lowest BCUT2D eigenvalue weighted by atomic mass is 9.99. The van der Waals surface area contributed by atoms with E-state index in [1.165, 1.54) is 6.26 Å². The minimum absolute atomic E-state index is 0.0853. The third-order valence-electron chi connectivity index (χ3n) is 6.58. The number of hydrogen-bond acceptors (Lipinski definition) is 7. The van der Waals surface area contributed by atoms with Crippen LogP contribution in [0, 0.1) is 6.92 Å². The molecule has 1 unspecified atom stereocenters. The van der Waals surface area contributed by atoms with Crippen molar-refractivity contribution in [3.05, 3.63) is 54.0 Å². The Kier molecular flexibility index (Phi) is 8.12. The van der Waals surface area contributed by atoms with Crippen LogP contribution in [0.3, 0.4) is 0 Å². The summed E-state index contributed by atoms with van der Waals surface area (Å²) >= 11 is 0. The van der Waals surface area contributed by atoms with Gasteiger partial charge in [0.15, 0.2) is 0 Å². The van der Waals surface area contributed by atoms with Gasteiger partial charge in [-0.3, -0.25) is 9.48 Å². The molecule has 0 aliphatic carbocycles. The van der Waals surface area contributed by atoms with Crippen molar-refractivity contribution in [2.45, 2.75) is 37.0 Å². The van der Waals surface area contributed by atoms with Crippen LogP contribution in [0.2, 0.25) is 0 Å². The molecule has 1 aliphatic rings. The summed E-state index contributed by atoms with van der Waals surface area (Å²) in [4.78, 5) is 20.6. The highest BCUT2D eigenvalue weighted by Crippen LogP contribution is 2.34. The Morgan fingerprint density at radius 1 is 1.26 bits per heavy atom. The standard InChI is InChI=1S/C26H33F2N7O2S/c1-18-22(19-15-31-34(2)17-19)16-30-24(35-12-5-8-26(27,28)9-13-35)23(18)25(36)33-20-6-4-7-21(14-20)38(3,37)32-11-10-29/h4,6-7,14-17H,5,8-13,29H2,1-3H3,(H,33,36). The number of nitrogens with zero attached hydrogens (tertiary/aromatic N) is 5. The van der Waals surface area contributed by atoms with E-state index in [4.69, 9.17) is 5.73 Å². The van der Waals surface area contributed by atoms with Gasteiger partial charge in [-0.05, 0) is 37.1 Å². The number of hydrogen-bond donors (Lipinski definition) is 2. The number of anilines is 2. The number of rotatable bonds is 7. The number of nitrogens with two attached hydrogens (primary N) is 1. The fourth-order valence-corrected chi connectivity index (χ4v) is 5.81. The Labute approximate surface area is 221 Å². The van der Waals surface area contributed by atoms with Crippen LogP contribution in [0.25, 0.3) is 11.1 Å². The summed E-state index contributed by atoms with van der Waals surface area (Å²) in [7, 11) is -0.896. The lowest BCUT2D eigenvalue weighted by Crippen LogP contribution is -2.30. The van der Waals surface area contributed by atoms with Gasteiger partial charge in [0.25, 0.3) is 5.91 Å². The number of aromatic nitrogens is 3. The fourth-order valence-electron chi connectivity index (χ4n) is 4.53. The summed E-state index contributed by atoms with van der Waals surface area (Å²) in [5, 5.41) is 7.12. The first-order chi connectivity index (χ1) is 18.0. The van der Waals surface area contributed by atoms with Gasteiger partial charge in [0, 0.05) is 79.9 Å². The molecule has 1 aromatic carbocycles. The second-order valence-corrected chi connectivity index (χ2v) is 11.9. The van der Waals surface area contributed by atoms with Crippen molar-refractivity contribution in [3.63, 3.8) is 0 Å². The topological polar surface area (TPSA) is 118 Å². The predicted octanol–water partition coefficient (Wildman–Crippen LogP) is 4.08. The Morgan fingerprint density at radius 3 is 2.76 bits per heavy atom. The maximum absolute atomic E-state index is 14.1. The van der Waals surface area contributed by atoms with Gasteiger partial charge in [-0.25, -0.2) is 22.3 Å². The van der Waals surface area contributed by atoms with E-state index in [1.807, 2.05) is 13.1 Å². The summed E-state index contributed by atoms with van der Waals surface area (Å²) in [6.45, 7) is 2.81. The van der Waals surface area contributed by atoms with Crippen LogP contribution in [0.5, 0.6) is 0 Å². The van der Waals surface area contributed by atoms with E-state index < -0.39 is 21.6 Å². The maximum Gasteiger partial charge on any atom is 0.259 e. The quantitative estimate of drug-likeness (QED) is 0.462. The molecule has 1 amide bonds. The molecule has 0 radical (unpaired) electrons. The van der Waals surface area contributed by atoms with Crippen molar-refractivity contribution in [1.82, 2.24) is 14.8 Å². The maximum atomic E-state index is 14.1. The van der Waals surface area contributed by atoms with Crippen LogP contribution in [0.15, 0.2) is 52.1 Å². The number of carbonyl (C=O) groups is 1. The highest BCUT2D eigenvalue weighted by molar-refractivity contribution is 7.93. The summed E-state index contributed by atoms with van der Waals surface area (Å²) in [6.07, 6.45) is 6.48. The van der Waals surface area contributed by atoms with E-state index in [0.717, 1.165) is 11.1 Å². The average molecular weight is 546 g/mol. The molecule has 204 valence electrons. The second-order valence-electron chi connectivity index (χ2n) is 9.52. The lowest BCUT2D eigenvalue weighted by molar-refractivity contribution is -0.0102. The van der Waals surface area contributed by atoms with Gasteiger partial charge in [-0.2, -0.15) is 5.10 Å². The molecule has 1 saturated heterocycles. The average Bonchev–Trinajstić information content (AvgIpc) is 3.21. The third-order valence-corrected chi connectivity index (χ3v) is 8.38. The van der Waals surface area contributed by atoms with Gasteiger partial charge < -0.3 is 16.0 Å². The number of pyridine rings is 1. The molecule has 38 heavy (non-hydrogen) atoms. The highest BCUT2D eigenvalue weighted by atomic mass is 32.2. The third kappa shape index (κ3) is 6.18. The van der Waals surface area contributed by atoms with Crippen LogP contribution in [-0.4, -0.2) is 63.2 Å². The van der Waals surface area contributed by atoms with E-state index in [1.54, 1.807) is 53.3 Å². The molecule has 3 aromatic rings. The zero-order chi connectivity index (χ0) is 27.5. The van der Waals surface area contributed by atoms with E-state index in [0.29, 0.717) is 40.5 Å². The van der Waals surface area contributed by atoms with E-state index >= 15 is 0 Å². The minimum Gasteiger partial charge on any atom is -0.356 e. The van der Waals surface area contributed by atoms with Crippen molar-refractivity contribution in [3.8, 4) is 11.1 Å². The number of carbonyl (C=O) groups excluding carboxylic acids is 1. The highest BCUT2D eigenvalue weighted by Gasteiger charge is 2.33. The molecule has 0 saturated carbocycles. The van der Waals surface area contributed by atoms with Crippen LogP contribution >= 0.6 is 0 Å². The number of amides is 1. The van der Waals surface area contributed by atoms with Crippen LogP contribution in [0.1, 0.15) is 35.2 Å². The van der Waals surface area contributed by atoms with Crippen LogP contribution in [0.4, 0.5) is 20.3 Å². The summed E-state index contributed by atoms with van der Waals surface area (Å²) < 4.78 is 47.1. The first-order valence-corrected chi connectivity index (χ1v) is 14.3. The van der Waals surface area contributed by atoms with Crippen molar-refractivity contribution in [2.24, 2.45) is 17.1 Å². The van der Waals surface area contributed by atoms with Crippen molar-refractivity contribution in [2.75, 3.05) is 42.7 Å². The molecule has 1 aliphatic heterocycles. The van der Waals surface area contributed by atoms with E-state index in [2.05, 4.69) is 19.8 Å². The number of alkyl halides is 2. The molecular weight excluding hydrogens is 512 g/mol. The Balaban J connectivity index is 1.74. The van der Waals surface area contributed by atoms with Gasteiger partial charge in [0.1, 0.15) is 5.82 Å². The molecule has 0 bridgehead atoms. The zero-order valence-corrected chi connectivity index (χ0v) is 22.6.